The van der Waals surface area contributed by atoms with Gasteiger partial charge in [0, 0.05) is 19.6 Å². The number of amides is 2. The molecule has 1 aromatic rings. The molecule has 0 bridgehead atoms. The lowest BCUT2D eigenvalue weighted by molar-refractivity contribution is 0.206. The number of anilines is 1. The van der Waals surface area contributed by atoms with Gasteiger partial charge in [0.05, 0.1) is 5.69 Å². The number of aryl methyl sites for hydroxylation is 1. The van der Waals surface area contributed by atoms with E-state index < -0.39 is 0 Å². The number of phenolic OH excluding ortho intramolecular Hbond substituents is 1. The molecule has 0 aromatic heterocycles. The largest absolute Gasteiger partial charge is 0.506 e. The molecule has 0 radical (unpaired) electrons. The number of phenols is 1. The number of benzene rings is 1. The van der Waals surface area contributed by atoms with Crippen molar-refractivity contribution in [3.05, 3.63) is 23.8 Å². The lowest BCUT2D eigenvalue weighted by Gasteiger charge is -2.34. The first kappa shape index (κ1) is 13.3. The fourth-order valence-corrected chi connectivity index (χ4v) is 3.25. The Balaban J connectivity index is 1.86. The summed E-state index contributed by atoms with van der Waals surface area (Å²) >= 11 is 0. The number of carbonyl (C=O) groups excluding carboxylic acids is 1. The predicted molar refractivity (Wildman–Crippen MR) is 79.2 cm³/mol. The van der Waals surface area contributed by atoms with Crippen molar-refractivity contribution >= 4 is 11.7 Å². The van der Waals surface area contributed by atoms with E-state index in [0.29, 0.717) is 6.54 Å². The molecule has 0 spiro atoms. The Morgan fingerprint density at radius 1 is 1.00 bits per heavy atom. The zero-order valence-electron chi connectivity index (χ0n) is 11.8. The van der Waals surface area contributed by atoms with Crippen LogP contribution in [-0.4, -0.2) is 35.7 Å². The zero-order valence-corrected chi connectivity index (χ0v) is 11.8. The third-order valence-corrected chi connectivity index (χ3v) is 4.30. The molecule has 2 aliphatic heterocycles. The van der Waals surface area contributed by atoms with Crippen molar-refractivity contribution in [1.82, 2.24) is 4.90 Å². The first-order valence-electron chi connectivity index (χ1n) is 7.64. The van der Waals surface area contributed by atoms with Gasteiger partial charge in [0.1, 0.15) is 5.75 Å². The van der Waals surface area contributed by atoms with Gasteiger partial charge in [-0.05, 0) is 37.3 Å². The monoisotopic (exact) mass is 274 g/mol. The summed E-state index contributed by atoms with van der Waals surface area (Å²) in [7, 11) is 0. The number of urea groups is 1. The highest BCUT2D eigenvalue weighted by Crippen LogP contribution is 2.36. The Kier molecular flexibility index (Phi) is 3.81. The lowest BCUT2D eigenvalue weighted by atomic mass is 10.0. The van der Waals surface area contributed by atoms with Gasteiger partial charge in [-0.15, -0.1) is 0 Å². The average Bonchev–Trinajstić information content (AvgIpc) is 2.75. The molecule has 1 aromatic carbocycles. The lowest BCUT2D eigenvalue weighted by Crippen LogP contribution is -2.45. The van der Waals surface area contributed by atoms with Gasteiger partial charge in [-0.1, -0.05) is 25.0 Å². The number of fused-ring (bicyclic) bond motifs is 1. The molecule has 20 heavy (non-hydrogen) atoms. The maximum absolute atomic E-state index is 12.8. The number of rotatable bonds is 0. The van der Waals surface area contributed by atoms with Gasteiger partial charge in [-0.25, -0.2) is 4.79 Å². The Morgan fingerprint density at radius 3 is 2.50 bits per heavy atom. The Morgan fingerprint density at radius 2 is 1.75 bits per heavy atom. The summed E-state index contributed by atoms with van der Waals surface area (Å²) in [5, 5.41) is 10.1. The van der Waals surface area contributed by atoms with Gasteiger partial charge < -0.3 is 10.0 Å². The van der Waals surface area contributed by atoms with E-state index in [-0.39, 0.29) is 11.8 Å². The summed E-state index contributed by atoms with van der Waals surface area (Å²) in [5.74, 6) is 0.227. The molecule has 2 heterocycles. The van der Waals surface area contributed by atoms with Crippen molar-refractivity contribution in [1.29, 1.82) is 0 Å². The highest BCUT2D eigenvalue weighted by molar-refractivity contribution is 5.95. The summed E-state index contributed by atoms with van der Waals surface area (Å²) in [6.45, 7) is 2.40. The summed E-state index contributed by atoms with van der Waals surface area (Å²) < 4.78 is 0. The maximum atomic E-state index is 12.8. The number of hydrogen-bond acceptors (Lipinski definition) is 2. The highest BCUT2D eigenvalue weighted by atomic mass is 16.3. The first-order chi connectivity index (χ1) is 9.77. The van der Waals surface area contributed by atoms with Crippen LogP contribution in [0.1, 0.15) is 37.7 Å². The van der Waals surface area contributed by atoms with Crippen LogP contribution in [0.2, 0.25) is 0 Å². The van der Waals surface area contributed by atoms with E-state index in [0.717, 1.165) is 50.0 Å². The van der Waals surface area contributed by atoms with Crippen molar-refractivity contribution in [2.45, 2.75) is 38.5 Å². The topological polar surface area (TPSA) is 43.8 Å². The molecule has 4 heteroatoms. The van der Waals surface area contributed by atoms with Gasteiger partial charge >= 0.3 is 6.03 Å². The number of aromatic hydroxyl groups is 1. The van der Waals surface area contributed by atoms with Gasteiger partial charge in [-0.2, -0.15) is 0 Å². The van der Waals surface area contributed by atoms with Crippen LogP contribution in [0.5, 0.6) is 5.75 Å². The molecule has 2 aliphatic rings. The molecular weight excluding hydrogens is 252 g/mol. The molecule has 3 rings (SSSR count). The molecule has 1 N–H and O–H groups in total. The first-order valence-corrected chi connectivity index (χ1v) is 7.64. The molecule has 0 unspecified atom stereocenters. The van der Waals surface area contributed by atoms with Crippen LogP contribution in [0.4, 0.5) is 10.5 Å². The second-order valence-corrected chi connectivity index (χ2v) is 5.72. The van der Waals surface area contributed by atoms with Crippen molar-refractivity contribution in [3.63, 3.8) is 0 Å². The van der Waals surface area contributed by atoms with E-state index in [1.54, 1.807) is 11.0 Å². The summed E-state index contributed by atoms with van der Waals surface area (Å²) in [5.41, 5.74) is 1.81. The smallest absolute Gasteiger partial charge is 0.324 e. The van der Waals surface area contributed by atoms with Crippen LogP contribution in [0.25, 0.3) is 0 Å². The molecule has 1 fully saturated rings. The summed E-state index contributed by atoms with van der Waals surface area (Å²) in [6, 6.07) is 5.60. The summed E-state index contributed by atoms with van der Waals surface area (Å²) in [4.78, 5) is 16.5. The Bertz CT molecular complexity index is 493. The Labute approximate surface area is 120 Å². The van der Waals surface area contributed by atoms with E-state index in [2.05, 4.69) is 0 Å². The molecule has 108 valence electrons. The summed E-state index contributed by atoms with van der Waals surface area (Å²) in [6.07, 6.45) is 6.52. The Hall–Kier alpha value is -1.71. The molecule has 1 saturated heterocycles. The van der Waals surface area contributed by atoms with Crippen molar-refractivity contribution in [2.75, 3.05) is 24.5 Å². The van der Waals surface area contributed by atoms with Crippen LogP contribution in [-0.2, 0) is 6.42 Å². The average molecular weight is 274 g/mol. The van der Waals surface area contributed by atoms with Gasteiger partial charge in [-0.3, -0.25) is 4.90 Å². The minimum Gasteiger partial charge on any atom is -0.506 e. The van der Waals surface area contributed by atoms with E-state index in [1.807, 2.05) is 17.0 Å². The second-order valence-electron chi connectivity index (χ2n) is 5.72. The van der Waals surface area contributed by atoms with Crippen LogP contribution in [0.15, 0.2) is 18.2 Å². The van der Waals surface area contributed by atoms with Crippen LogP contribution < -0.4 is 4.90 Å². The fourth-order valence-electron chi connectivity index (χ4n) is 3.25. The molecule has 0 aliphatic carbocycles. The quantitative estimate of drug-likeness (QED) is 0.790. The standard InChI is InChI=1S/C16H22N2O2/c19-14-9-5-7-13-8-6-12-18(15(13)14)16(20)17-10-3-1-2-4-11-17/h5,7,9,19H,1-4,6,8,10-12H2. The number of hydrogen-bond donors (Lipinski definition) is 1. The molecule has 0 atom stereocenters. The zero-order chi connectivity index (χ0) is 13.9. The van der Waals surface area contributed by atoms with Crippen molar-refractivity contribution < 1.29 is 9.90 Å². The van der Waals surface area contributed by atoms with Gasteiger partial charge in [0.2, 0.25) is 0 Å². The van der Waals surface area contributed by atoms with Crippen molar-refractivity contribution in [3.8, 4) is 5.75 Å². The van der Waals surface area contributed by atoms with E-state index >= 15 is 0 Å². The number of nitrogens with zero attached hydrogens (tertiary/aromatic N) is 2. The number of carbonyl (C=O) groups is 1. The molecule has 0 saturated carbocycles. The SMILES string of the molecule is O=C(N1CCCCCC1)N1CCCc2cccc(O)c21. The van der Waals surface area contributed by atoms with Crippen LogP contribution >= 0.6 is 0 Å². The number of para-hydroxylation sites is 1. The minimum absolute atomic E-state index is 0.0642. The normalized spacial score (nSPS) is 19.4. The van der Waals surface area contributed by atoms with E-state index in [4.69, 9.17) is 0 Å². The third-order valence-electron chi connectivity index (χ3n) is 4.30. The molecule has 4 nitrogen and oxygen atoms in total. The van der Waals surface area contributed by atoms with E-state index in [1.165, 1.54) is 12.8 Å². The van der Waals surface area contributed by atoms with Gasteiger partial charge in [0.25, 0.3) is 0 Å². The molecular formula is C16H22N2O2. The highest BCUT2D eigenvalue weighted by Gasteiger charge is 2.28. The van der Waals surface area contributed by atoms with Crippen LogP contribution in [0.3, 0.4) is 0 Å². The van der Waals surface area contributed by atoms with E-state index in [9.17, 15) is 9.90 Å². The van der Waals surface area contributed by atoms with Crippen LogP contribution in [0, 0.1) is 0 Å². The minimum atomic E-state index is 0.0642. The fraction of sp³-hybridized carbons (Fsp3) is 0.562. The maximum Gasteiger partial charge on any atom is 0.324 e. The van der Waals surface area contributed by atoms with Gasteiger partial charge in [0.15, 0.2) is 0 Å². The molecule has 2 amide bonds. The van der Waals surface area contributed by atoms with Crippen molar-refractivity contribution in [2.24, 2.45) is 0 Å². The third kappa shape index (κ3) is 2.47. The predicted octanol–water partition coefficient (Wildman–Crippen LogP) is 3.14. The number of likely N-dealkylation sites (tertiary alicyclic amines) is 1. The second kappa shape index (κ2) is 5.73.